The van der Waals surface area contributed by atoms with Crippen LogP contribution in [0, 0.1) is 17.3 Å². The molecule has 15 heavy (non-hydrogen) atoms. The average molecular weight is 206 g/mol. The molecule has 0 aromatic heterocycles. The van der Waals surface area contributed by atoms with Crippen molar-refractivity contribution in [2.24, 2.45) is 28.0 Å². The van der Waals surface area contributed by atoms with Gasteiger partial charge in [-0.25, -0.2) is 0 Å². The molecule has 2 aliphatic carbocycles. The summed E-state index contributed by atoms with van der Waals surface area (Å²) in [5.41, 5.74) is 8.09. The molecule has 84 valence electrons. The van der Waals surface area contributed by atoms with Gasteiger partial charge in [0.25, 0.3) is 0 Å². The fraction of sp³-hybridized carbons (Fsp3) is 0.923. The molecule has 2 N–H and O–H groups in total. The second kappa shape index (κ2) is 3.31. The molecule has 2 saturated carbocycles. The van der Waals surface area contributed by atoms with E-state index >= 15 is 0 Å². The third kappa shape index (κ3) is 1.63. The number of aliphatic imine (C=N–C) groups is 1. The van der Waals surface area contributed by atoms with E-state index in [1.165, 1.54) is 38.5 Å². The second-order valence-corrected chi connectivity index (χ2v) is 6.25. The summed E-state index contributed by atoms with van der Waals surface area (Å²) in [6.07, 6.45) is 8.00. The highest BCUT2D eigenvalue weighted by atomic mass is 14.8. The van der Waals surface area contributed by atoms with E-state index < -0.39 is 0 Å². The van der Waals surface area contributed by atoms with Crippen LogP contribution in [0.1, 0.15) is 45.4 Å². The maximum atomic E-state index is 5.88. The normalized spacial score (nSPS) is 49.5. The molecule has 0 aromatic carbocycles. The van der Waals surface area contributed by atoms with Crippen LogP contribution in [-0.4, -0.2) is 18.3 Å². The molecule has 0 amide bonds. The SMILES string of the molecule is CC1CCC(C2CC3(CC(N)C3)C2)=NC1. The summed E-state index contributed by atoms with van der Waals surface area (Å²) >= 11 is 0. The summed E-state index contributed by atoms with van der Waals surface area (Å²) in [4.78, 5) is 4.76. The summed E-state index contributed by atoms with van der Waals surface area (Å²) in [7, 11) is 0. The van der Waals surface area contributed by atoms with Crippen molar-refractivity contribution in [1.29, 1.82) is 0 Å². The Morgan fingerprint density at radius 1 is 1.27 bits per heavy atom. The predicted octanol–water partition coefficient (Wildman–Crippen LogP) is 2.37. The minimum absolute atomic E-state index is 0.513. The van der Waals surface area contributed by atoms with Crippen molar-refractivity contribution in [1.82, 2.24) is 0 Å². The first-order chi connectivity index (χ1) is 7.17. The van der Waals surface area contributed by atoms with E-state index in [0.717, 1.165) is 18.4 Å². The minimum Gasteiger partial charge on any atom is -0.328 e. The van der Waals surface area contributed by atoms with E-state index in [1.807, 2.05) is 0 Å². The lowest BCUT2D eigenvalue weighted by atomic mass is 9.49. The molecule has 0 radical (unpaired) electrons. The van der Waals surface area contributed by atoms with Gasteiger partial charge in [0.2, 0.25) is 0 Å². The summed E-state index contributed by atoms with van der Waals surface area (Å²) in [6.45, 7) is 3.39. The van der Waals surface area contributed by atoms with Gasteiger partial charge in [-0.3, -0.25) is 4.99 Å². The Morgan fingerprint density at radius 3 is 2.53 bits per heavy atom. The standard InChI is InChI=1S/C13H22N2/c1-9-2-3-12(15-8-9)10-4-13(5-10)6-11(14)7-13/h9-11H,2-8,14H2,1H3. The average Bonchev–Trinajstić information content (AvgIpc) is 2.11. The Kier molecular flexibility index (Phi) is 2.17. The second-order valence-electron chi connectivity index (χ2n) is 6.25. The Balaban J connectivity index is 1.55. The highest BCUT2D eigenvalue weighted by molar-refractivity contribution is 5.88. The summed E-state index contributed by atoms with van der Waals surface area (Å²) in [5, 5.41) is 0. The lowest BCUT2D eigenvalue weighted by molar-refractivity contribution is -0.0142. The predicted molar refractivity (Wildman–Crippen MR) is 63.1 cm³/mol. The van der Waals surface area contributed by atoms with Gasteiger partial charge in [-0.05, 0) is 55.8 Å². The molecular weight excluding hydrogens is 184 g/mol. The van der Waals surface area contributed by atoms with Gasteiger partial charge in [-0.2, -0.15) is 0 Å². The first-order valence-electron chi connectivity index (χ1n) is 6.46. The molecule has 0 aromatic rings. The molecule has 0 bridgehead atoms. The van der Waals surface area contributed by atoms with E-state index in [4.69, 9.17) is 10.7 Å². The number of hydrogen-bond donors (Lipinski definition) is 1. The molecule has 3 rings (SSSR count). The largest absolute Gasteiger partial charge is 0.328 e. The lowest BCUT2D eigenvalue weighted by Crippen LogP contribution is -2.55. The van der Waals surface area contributed by atoms with Crippen LogP contribution in [0.3, 0.4) is 0 Å². The van der Waals surface area contributed by atoms with E-state index in [1.54, 1.807) is 5.71 Å². The van der Waals surface area contributed by atoms with Crippen LogP contribution in [0.2, 0.25) is 0 Å². The highest BCUT2D eigenvalue weighted by Crippen LogP contribution is 2.58. The third-order valence-electron chi connectivity index (χ3n) is 4.72. The Hall–Kier alpha value is -0.370. The van der Waals surface area contributed by atoms with Gasteiger partial charge in [-0.15, -0.1) is 0 Å². The van der Waals surface area contributed by atoms with Gasteiger partial charge in [0.05, 0.1) is 0 Å². The lowest BCUT2D eigenvalue weighted by Gasteiger charge is -2.57. The summed E-state index contributed by atoms with van der Waals surface area (Å²) in [5.74, 6) is 1.66. The Labute approximate surface area is 92.3 Å². The van der Waals surface area contributed by atoms with Crippen molar-refractivity contribution in [3.63, 3.8) is 0 Å². The van der Waals surface area contributed by atoms with Gasteiger partial charge in [0.15, 0.2) is 0 Å². The van der Waals surface area contributed by atoms with Crippen molar-refractivity contribution in [3.05, 3.63) is 0 Å². The van der Waals surface area contributed by atoms with Crippen LogP contribution in [0.15, 0.2) is 4.99 Å². The number of nitrogens with zero attached hydrogens (tertiary/aromatic N) is 1. The third-order valence-corrected chi connectivity index (χ3v) is 4.72. The minimum atomic E-state index is 0.513. The zero-order valence-corrected chi connectivity index (χ0v) is 9.71. The van der Waals surface area contributed by atoms with Crippen LogP contribution in [-0.2, 0) is 0 Å². The molecule has 1 unspecified atom stereocenters. The molecule has 2 nitrogen and oxygen atoms in total. The smallest absolute Gasteiger partial charge is 0.0414 e. The molecule has 1 atom stereocenters. The van der Waals surface area contributed by atoms with Gasteiger partial charge in [0, 0.05) is 18.3 Å². The van der Waals surface area contributed by atoms with Crippen LogP contribution in [0.5, 0.6) is 0 Å². The molecule has 1 spiro atoms. The van der Waals surface area contributed by atoms with Crippen molar-refractivity contribution in [2.75, 3.05) is 6.54 Å². The quantitative estimate of drug-likeness (QED) is 0.703. The zero-order valence-electron chi connectivity index (χ0n) is 9.71. The first-order valence-corrected chi connectivity index (χ1v) is 6.46. The summed E-state index contributed by atoms with van der Waals surface area (Å²) in [6, 6.07) is 0.513. The molecule has 3 aliphatic rings. The first kappa shape index (κ1) is 9.83. The van der Waals surface area contributed by atoms with Crippen LogP contribution < -0.4 is 5.73 Å². The molecular formula is C13H22N2. The molecule has 2 heteroatoms. The number of hydrogen-bond acceptors (Lipinski definition) is 2. The van der Waals surface area contributed by atoms with Crippen LogP contribution in [0.4, 0.5) is 0 Å². The molecule has 2 fully saturated rings. The van der Waals surface area contributed by atoms with Gasteiger partial charge in [-0.1, -0.05) is 6.92 Å². The molecule has 0 saturated heterocycles. The highest BCUT2D eigenvalue weighted by Gasteiger charge is 2.52. The molecule has 1 aliphatic heterocycles. The maximum Gasteiger partial charge on any atom is 0.0414 e. The number of rotatable bonds is 1. The topological polar surface area (TPSA) is 38.4 Å². The van der Waals surface area contributed by atoms with Crippen molar-refractivity contribution < 1.29 is 0 Å². The fourth-order valence-electron chi connectivity index (χ4n) is 3.78. The van der Waals surface area contributed by atoms with Gasteiger partial charge in [0.1, 0.15) is 0 Å². The van der Waals surface area contributed by atoms with Gasteiger partial charge >= 0.3 is 0 Å². The fourth-order valence-corrected chi connectivity index (χ4v) is 3.78. The van der Waals surface area contributed by atoms with E-state index in [9.17, 15) is 0 Å². The van der Waals surface area contributed by atoms with E-state index in [2.05, 4.69) is 6.92 Å². The molecule has 1 heterocycles. The zero-order chi connectivity index (χ0) is 10.5. The van der Waals surface area contributed by atoms with E-state index in [0.29, 0.717) is 11.5 Å². The van der Waals surface area contributed by atoms with Crippen LogP contribution in [0.25, 0.3) is 0 Å². The van der Waals surface area contributed by atoms with Crippen molar-refractivity contribution >= 4 is 5.71 Å². The maximum absolute atomic E-state index is 5.88. The van der Waals surface area contributed by atoms with Crippen molar-refractivity contribution in [3.8, 4) is 0 Å². The number of nitrogens with two attached hydrogens (primary N) is 1. The Morgan fingerprint density at radius 2 is 2.00 bits per heavy atom. The Bertz CT molecular complexity index is 281. The monoisotopic (exact) mass is 206 g/mol. The summed E-state index contributed by atoms with van der Waals surface area (Å²) < 4.78 is 0. The van der Waals surface area contributed by atoms with Crippen molar-refractivity contribution in [2.45, 2.75) is 51.5 Å². The van der Waals surface area contributed by atoms with Crippen LogP contribution >= 0.6 is 0 Å². The van der Waals surface area contributed by atoms with Gasteiger partial charge < -0.3 is 5.73 Å². The van der Waals surface area contributed by atoms with E-state index in [-0.39, 0.29) is 0 Å².